The van der Waals surface area contributed by atoms with Crippen molar-refractivity contribution in [1.82, 2.24) is 0 Å². The molecule has 0 aliphatic heterocycles. The molecule has 1 atom stereocenters. The number of esters is 2. The van der Waals surface area contributed by atoms with Gasteiger partial charge >= 0.3 is 11.9 Å². The lowest BCUT2D eigenvalue weighted by molar-refractivity contribution is 0.0432. The first kappa shape index (κ1) is 15.3. The summed E-state index contributed by atoms with van der Waals surface area (Å²) in [6.07, 6.45) is 4.50. The van der Waals surface area contributed by atoms with E-state index in [-0.39, 0.29) is 11.1 Å². The van der Waals surface area contributed by atoms with Crippen molar-refractivity contribution >= 4 is 11.9 Å². The van der Waals surface area contributed by atoms with Gasteiger partial charge in [0.15, 0.2) is 6.10 Å². The highest BCUT2D eigenvalue weighted by Gasteiger charge is 2.20. The van der Waals surface area contributed by atoms with Crippen molar-refractivity contribution < 1.29 is 19.1 Å². The van der Waals surface area contributed by atoms with E-state index in [4.69, 9.17) is 15.9 Å². The highest BCUT2D eigenvalue weighted by Crippen LogP contribution is 2.16. The van der Waals surface area contributed by atoms with Crippen LogP contribution < -0.4 is 4.74 Å². The smallest absolute Gasteiger partial charge is 0.344 e. The molecule has 0 bridgehead atoms. The lowest BCUT2D eigenvalue weighted by atomic mass is 10.1. The summed E-state index contributed by atoms with van der Waals surface area (Å²) < 4.78 is 10.3. The first-order chi connectivity index (χ1) is 10.6. The van der Waals surface area contributed by atoms with Gasteiger partial charge in [0.05, 0.1) is 11.1 Å². The van der Waals surface area contributed by atoms with Crippen LogP contribution in [-0.2, 0) is 4.74 Å². The first-order valence-corrected chi connectivity index (χ1v) is 6.65. The fourth-order valence-electron chi connectivity index (χ4n) is 1.75. The maximum absolute atomic E-state index is 12.2. The summed E-state index contributed by atoms with van der Waals surface area (Å²) in [5.74, 6) is 1.40. The minimum Gasteiger partial charge on any atom is -0.446 e. The van der Waals surface area contributed by atoms with Crippen LogP contribution in [0, 0.1) is 12.3 Å². The zero-order chi connectivity index (χ0) is 15.9. The third-order valence-corrected chi connectivity index (χ3v) is 2.84. The van der Waals surface area contributed by atoms with Gasteiger partial charge in [-0.1, -0.05) is 36.3 Å². The SMILES string of the molecule is C#CC(C)OC(=O)c1ccccc1C(=O)Oc1ccccc1. The summed E-state index contributed by atoms with van der Waals surface area (Å²) in [4.78, 5) is 24.3. The van der Waals surface area contributed by atoms with Gasteiger partial charge in [0.1, 0.15) is 5.75 Å². The Bertz CT molecular complexity index is 713. The molecule has 2 aromatic rings. The number of ether oxygens (including phenoxy) is 2. The van der Waals surface area contributed by atoms with Crippen LogP contribution in [0.2, 0.25) is 0 Å². The molecule has 0 heterocycles. The number of carbonyl (C=O) groups excluding carboxylic acids is 2. The van der Waals surface area contributed by atoms with Gasteiger partial charge < -0.3 is 9.47 Å². The van der Waals surface area contributed by atoms with E-state index in [9.17, 15) is 9.59 Å². The molecule has 0 fully saturated rings. The zero-order valence-corrected chi connectivity index (χ0v) is 12.0. The maximum Gasteiger partial charge on any atom is 0.344 e. The van der Waals surface area contributed by atoms with Gasteiger partial charge in [0, 0.05) is 0 Å². The average Bonchev–Trinajstić information content (AvgIpc) is 2.55. The summed E-state index contributed by atoms with van der Waals surface area (Å²) in [5.41, 5.74) is 0.242. The Hall–Kier alpha value is -3.06. The number of para-hydroxylation sites is 1. The molecule has 0 radical (unpaired) electrons. The molecule has 2 aromatic carbocycles. The van der Waals surface area contributed by atoms with E-state index in [2.05, 4.69) is 5.92 Å². The van der Waals surface area contributed by atoms with E-state index in [1.807, 2.05) is 6.07 Å². The molecule has 0 aliphatic carbocycles. The van der Waals surface area contributed by atoms with E-state index in [1.54, 1.807) is 43.3 Å². The molecule has 2 rings (SSSR count). The van der Waals surface area contributed by atoms with Gasteiger partial charge in [0.2, 0.25) is 0 Å². The molecule has 0 aromatic heterocycles. The number of terminal acetylenes is 1. The predicted molar refractivity (Wildman–Crippen MR) is 81.6 cm³/mol. The molecule has 0 aliphatic rings. The minimum absolute atomic E-state index is 0.116. The van der Waals surface area contributed by atoms with Crippen molar-refractivity contribution in [3.05, 3.63) is 65.7 Å². The van der Waals surface area contributed by atoms with Gasteiger partial charge in [-0.3, -0.25) is 0 Å². The molecule has 0 amide bonds. The summed E-state index contributed by atoms with van der Waals surface area (Å²) >= 11 is 0. The van der Waals surface area contributed by atoms with Crippen LogP contribution in [0.15, 0.2) is 54.6 Å². The number of hydrogen-bond donors (Lipinski definition) is 0. The Balaban J connectivity index is 2.23. The van der Waals surface area contributed by atoms with Crippen LogP contribution >= 0.6 is 0 Å². The van der Waals surface area contributed by atoms with E-state index in [0.717, 1.165) is 0 Å². The molecule has 0 saturated heterocycles. The molecular formula is C18H14O4. The van der Waals surface area contributed by atoms with Crippen molar-refractivity contribution in [3.63, 3.8) is 0 Å². The molecule has 0 spiro atoms. The van der Waals surface area contributed by atoms with Crippen molar-refractivity contribution in [3.8, 4) is 18.1 Å². The van der Waals surface area contributed by atoms with Crippen LogP contribution in [0.25, 0.3) is 0 Å². The summed E-state index contributed by atoms with van der Waals surface area (Å²) in [6.45, 7) is 1.57. The molecular weight excluding hydrogens is 280 g/mol. The maximum atomic E-state index is 12.2. The van der Waals surface area contributed by atoms with Gasteiger partial charge in [-0.25, -0.2) is 9.59 Å². The van der Waals surface area contributed by atoms with Gasteiger partial charge in [-0.05, 0) is 31.2 Å². The Morgan fingerprint density at radius 1 is 0.955 bits per heavy atom. The monoisotopic (exact) mass is 294 g/mol. The van der Waals surface area contributed by atoms with Crippen molar-refractivity contribution in [1.29, 1.82) is 0 Å². The van der Waals surface area contributed by atoms with Crippen LogP contribution in [0.5, 0.6) is 5.75 Å². The number of rotatable bonds is 4. The molecule has 1 unspecified atom stereocenters. The molecule has 0 N–H and O–H groups in total. The van der Waals surface area contributed by atoms with Gasteiger partial charge in [-0.2, -0.15) is 0 Å². The topological polar surface area (TPSA) is 52.6 Å². The van der Waals surface area contributed by atoms with Crippen molar-refractivity contribution in [2.75, 3.05) is 0 Å². The minimum atomic E-state index is -0.675. The summed E-state index contributed by atoms with van der Waals surface area (Å²) in [6, 6.07) is 14.9. The Morgan fingerprint density at radius 3 is 2.09 bits per heavy atom. The van der Waals surface area contributed by atoms with Gasteiger partial charge in [-0.15, -0.1) is 6.42 Å². The van der Waals surface area contributed by atoms with E-state index < -0.39 is 18.0 Å². The highest BCUT2D eigenvalue weighted by atomic mass is 16.5. The second kappa shape index (κ2) is 7.09. The highest BCUT2D eigenvalue weighted by molar-refractivity contribution is 6.03. The van der Waals surface area contributed by atoms with E-state index >= 15 is 0 Å². The zero-order valence-electron chi connectivity index (χ0n) is 12.0. The Morgan fingerprint density at radius 2 is 1.50 bits per heavy atom. The lowest BCUT2D eigenvalue weighted by Gasteiger charge is -2.11. The third-order valence-electron chi connectivity index (χ3n) is 2.84. The van der Waals surface area contributed by atoms with Crippen LogP contribution in [0.3, 0.4) is 0 Å². The largest absolute Gasteiger partial charge is 0.446 e. The molecule has 0 saturated carbocycles. The molecule has 4 heteroatoms. The second-order valence-corrected chi connectivity index (χ2v) is 4.46. The fourth-order valence-corrected chi connectivity index (χ4v) is 1.75. The average molecular weight is 294 g/mol. The predicted octanol–water partition coefficient (Wildman–Crippen LogP) is 3.08. The summed E-state index contributed by atoms with van der Waals surface area (Å²) in [7, 11) is 0. The fraction of sp³-hybridized carbons (Fsp3) is 0.111. The first-order valence-electron chi connectivity index (χ1n) is 6.65. The number of benzene rings is 2. The van der Waals surface area contributed by atoms with Crippen LogP contribution in [0.1, 0.15) is 27.6 Å². The molecule has 4 nitrogen and oxygen atoms in total. The number of carbonyl (C=O) groups is 2. The second-order valence-electron chi connectivity index (χ2n) is 4.46. The normalized spacial score (nSPS) is 11.1. The molecule has 110 valence electrons. The summed E-state index contributed by atoms with van der Waals surface area (Å²) in [5, 5.41) is 0. The molecule has 22 heavy (non-hydrogen) atoms. The van der Waals surface area contributed by atoms with E-state index in [0.29, 0.717) is 5.75 Å². The standard InChI is InChI=1S/C18H14O4/c1-3-13(2)21-17(19)15-11-7-8-12-16(15)18(20)22-14-9-5-4-6-10-14/h1,4-13H,2H3. The van der Waals surface area contributed by atoms with Crippen molar-refractivity contribution in [2.24, 2.45) is 0 Å². The third kappa shape index (κ3) is 3.74. The van der Waals surface area contributed by atoms with Crippen LogP contribution in [-0.4, -0.2) is 18.0 Å². The lowest BCUT2D eigenvalue weighted by Crippen LogP contribution is -2.18. The van der Waals surface area contributed by atoms with Crippen molar-refractivity contribution in [2.45, 2.75) is 13.0 Å². The van der Waals surface area contributed by atoms with Crippen LogP contribution in [0.4, 0.5) is 0 Å². The Kier molecular flexibility index (Phi) is 4.94. The quantitative estimate of drug-likeness (QED) is 0.494. The van der Waals surface area contributed by atoms with Gasteiger partial charge in [0.25, 0.3) is 0 Å². The number of hydrogen-bond acceptors (Lipinski definition) is 4. The Labute approximate surface area is 128 Å². The van der Waals surface area contributed by atoms with E-state index in [1.165, 1.54) is 12.1 Å².